The third kappa shape index (κ3) is 4.81. The Labute approximate surface area is 138 Å². The number of benzene rings is 1. The number of carbonyl (C=O) groups excluding carboxylic acids is 1. The Bertz CT molecular complexity index is 650. The molecule has 0 aliphatic carbocycles. The lowest BCUT2D eigenvalue weighted by molar-refractivity contribution is 0.0952. The van der Waals surface area contributed by atoms with Gasteiger partial charge in [-0.15, -0.1) is 0 Å². The summed E-state index contributed by atoms with van der Waals surface area (Å²) in [6.45, 7) is 7.03. The summed E-state index contributed by atoms with van der Waals surface area (Å²) in [6.07, 6.45) is 4.91. The molecule has 122 valence electrons. The fourth-order valence-electron chi connectivity index (χ4n) is 2.31. The van der Waals surface area contributed by atoms with Crippen LogP contribution in [0.5, 0.6) is 0 Å². The van der Waals surface area contributed by atoms with Crippen LogP contribution in [0.15, 0.2) is 36.5 Å². The normalized spacial score (nSPS) is 10.4. The Morgan fingerprint density at radius 1 is 1.13 bits per heavy atom. The smallest absolute Gasteiger partial charge is 0.252 e. The molecule has 0 aliphatic rings. The van der Waals surface area contributed by atoms with Crippen molar-refractivity contribution in [2.45, 2.75) is 40.0 Å². The molecule has 0 bridgehead atoms. The van der Waals surface area contributed by atoms with Crippen molar-refractivity contribution in [3.05, 3.63) is 53.2 Å². The van der Waals surface area contributed by atoms with E-state index in [1.807, 2.05) is 18.2 Å². The van der Waals surface area contributed by atoms with E-state index >= 15 is 0 Å². The second kappa shape index (κ2) is 8.32. The van der Waals surface area contributed by atoms with Gasteiger partial charge in [0.2, 0.25) is 0 Å². The molecule has 0 aliphatic heterocycles. The lowest BCUT2D eigenvalue weighted by Gasteiger charge is -2.11. The first-order valence-corrected chi connectivity index (χ1v) is 8.19. The number of unbranched alkanes of at least 4 members (excludes halogenated alkanes) is 2. The van der Waals surface area contributed by atoms with E-state index in [0.29, 0.717) is 5.56 Å². The van der Waals surface area contributed by atoms with Crippen molar-refractivity contribution >= 4 is 17.4 Å². The number of aromatic nitrogens is 1. The Morgan fingerprint density at radius 2 is 1.96 bits per heavy atom. The van der Waals surface area contributed by atoms with Gasteiger partial charge < -0.3 is 10.6 Å². The molecule has 4 heteroatoms. The number of nitrogens with one attached hydrogen (secondary N) is 2. The van der Waals surface area contributed by atoms with Gasteiger partial charge >= 0.3 is 0 Å². The summed E-state index contributed by atoms with van der Waals surface area (Å²) in [5.74, 6) is 0.674. The van der Waals surface area contributed by atoms with Crippen LogP contribution in [0.4, 0.5) is 11.5 Å². The number of hydrogen-bond acceptors (Lipinski definition) is 3. The molecular weight excluding hydrogens is 286 g/mol. The second-order valence-corrected chi connectivity index (χ2v) is 5.77. The fourth-order valence-corrected chi connectivity index (χ4v) is 2.31. The molecule has 2 rings (SSSR count). The van der Waals surface area contributed by atoms with E-state index in [-0.39, 0.29) is 5.91 Å². The summed E-state index contributed by atoms with van der Waals surface area (Å²) in [5.41, 5.74) is 4.06. The van der Waals surface area contributed by atoms with Gasteiger partial charge in [-0.1, -0.05) is 31.9 Å². The summed E-state index contributed by atoms with van der Waals surface area (Å²) in [6, 6.07) is 9.76. The monoisotopic (exact) mass is 311 g/mol. The Morgan fingerprint density at radius 3 is 2.65 bits per heavy atom. The van der Waals surface area contributed by atoms with Crippen molar-refractivity contribution in [3.63, 3.8) is 0 Å². The quantitative estimate of drug-likeness (QED) is 0.747. The molecule has 23 heavy (non-hydrogen) atoms. The first kappa shape index (κ1) is 17.0. The summed E-state index contributed by atoms with van der Waals surface area (Å²) in [4.78, 5) is 16.3. The van der Waals surface area contributed by atoms with Crippen LogP contribution in [-0.4, -0.2) is 17.4 Å². The molecular formula is C19H25N3O. The number of hydrogen-bond donors (Lipinski definition) is 2. The highest BCUT2D eigenvalue weighted by Crippen LogP contribution is 2.21. The lowest BCUT2D eigenvalue weighted by atomic mass is 10.1. The van der Waals surface area contributed by atoms with E-state index in [4.69, 9.17) is 0 Å². The highest BCUT2D eigenvalue weighted by molar-refractivity contribution is 5.94. The minimum atomic E-state index is -0.0631. The topological polar surface area (TPSA) is 54.0 Å². The van der Waals surface area contributed by atoms with Crippen molar-refractivity contribution in [1.82, 2.24) is 10.3 Å². The Kier molecular flexibility index (Phi) is 6.15. The van der Waals surface area contributed by atoms with Gasteiger partial charge in [-0.2, -0.15) is 0 Å². The van der Waals surface area contributed by atoms with Crippen molar-refractivity contribution in [1.29, 1.82) is 0 Å². The largest absolute Gasteiger partial charge is 0.352 e. The van der Waals surface area contributed by atoms with Crippen LogP contribution in [0.1, 0.15) is 47.7 Å². The third-order valence-corrected chi connectivity index (χ3v) is 3.96. The van der Waals surface area contributed by atoms with E-state index < -0.39 is 0 Å². The highest BCUT2D eigenvalue weighted by atomic mass is 16.1. The molecule has 0 unspecified atom stereocenters. The number of aryl methyl sites for hydroxylation is 1. The zero-order valence-corrected chi connectivity index (χ0v) is 14.1. The van der Waals surface area contributed by atoms with E-state index in [1.165, 1.54) is 11.1 Å². The summed E-state index contributed by atoms with van der Waals surface area (Å²) < 4.78 is 0. The number of carbonyl (C=O) groups is 1. The summed E-state index contributed by atoms with van der Waals surface area (Å²) >= 11 is 0. The molecule has 1 aromatic heterocycles. The van der Waals surface area contributed by atoms with Crippen molar-refractivity contribution < 1.29 is 4.79 Å². The Balaban J connectivity index is 1.96. The van der Waals surface area contributed by atoms with Crippen LogP contribution in [0.2, 0.25) is 0 Å². The lowest BCUT2D eigenvalue weighted by Crippen LogP contribution is -2.24. The number of nitrogens with zero attached hydrogens (tertiary/aromatic N) is 1. The Hall–Kier alpha value is -2.36. The zero-order chi connectivity index (χ0) is 16.7. The average Bonchev–Trinajstić information content (AvgIpc) is 2.56. The van der Waals surface area contributed by atoms with Crippen LogP contribution in [-0.2, 0) is 0 Å². The van der Waals surface area contributed by atoms with Gasteiger partial charge in [-0.3, -0.25) is 4.79 Å². The van der Waals surface area contributed by atoms with Crippen LogP contribution in [0.3, 0.4) is 0 Å². The minimum Gasteiger partial charge on any atom is -0.352 e. The number of rotatable bonds is 7. The molecule has 0 atom stereocenters. The first-order chi connectivity index (χ1) is 11.1. The average molecular weight is 311 g/mol. The standard InChI is InChI=1S/C19H25N3O/c1-4-5-6-12-20-19(23)16-10-11-18(21-13-16)22-17-9-7-8-14(2)15(17)3/h7-11,13H,4-6,12H2,1-3H3,(H,20,23)(H,21,22). The molecule has 1 amide bonds. The predicted octanol–water partition coefficient (Wildman–Crippen LogP) is 4.36. The van der Waals surface area contributed by atoms with Gasteiger partial charge in [0.05, 0.1) is 5.56 Å². The van der Waals surface area contributed by atoms with Gasteiger partial charge in [0.15, 0.2) is 0 Å². The molecule has 4 nitrogen and oxygen atoms in total. The van der Waals surface area contributed by atoms with Gasteiger partial charge in [0, 0.05) is 18.4 Å². The molecule has 1 aromatic carbocycles. The maximum Gasteiger partial charge on any atom is 0.252 e. The van der Waals surface area contributed by atoms with E-state index in [9.17, 15) is 4.79 Å². The number of anilines is 2. The zero-order valence-electron chi connectivity index (χ0n) is 14.1. The maximum absolute atomic E-state index is 12.0. The first-order valence-electron chi connectivity index (χ1n) is 8.19. The van der Waals surface area contributed by atoms with Crippen molar-refractivity contribution in [2.75, 3.05) is 11.9 Å². The fraction of sp³-hybridized carbons (Fsp3) is 0.368. The van der Waals surface area contributed by atoms with Gasteiger partial charge in [-0.25, -0.2) is 4.98 Å². The van der Waals surface area contributed by atoms with Crippen LogP contribution in [0, 0.1) is 13.8 Å². The van der Waals surface area contributed by atoms with Crippen LogP contribution < -0.4 is 10.6 Å². The molecule has 0 saturated heterocycles. The minimum absolute atomic E-state index is 0.0631. The summed E-state index contributed by atoms with van der Waals surface area (Å²) in [7, 11) is 0. The molecule has 0 radical (unpaired) electrons. The molecule has 2 aromatic rings. The maximum atomic E-state index is 12.0. The van der Waals surface area contributed by atoms with E-state index in [1.54, 1.807) is 12.3 Å². The van der Waals surface area contributed by atoms with Crippen LogP contribution in [0.25, 0.3) is 0 Å². The van der Waals surface area contributed by atoms with Gasteiger partial charge in [0.25, 0.3) is 5.91 Å². The third-order valence-electron chi connectivity index (χ3n) is 3.96. The molecule has 2 N–H and O–H groups in total. The SMILES string of the molecule is CCCCCNC(=O)c1ccc(Nc2cccc(C)c2C)nc1. The predicted molar refractivity (Wildman–Crippen MR) is 95.3 cm³/mol. The second-order valence-electron chi connectivity index (χ2n) is 5.77. The molecule has 0 fully saturated rings. The molecule has 0 saturated carbocycles. The number of pyridine rings is 1. The molecule has 0 spiro atoms. The number of amides is 1. The highest BCUT2D eigenvalue weighted by Gasteiger charge is 2.06. The van der Waals surface area contributed by atoms with Crippen molar-refractivity contribution in [3.8, 4) is 0 Å². The van der Waals surface area contributed by atoms with E-state index in [2.05, 4.69) is 42.5 Å². The van der Waals surface area contributed by atoms with E-state index in [0.717, 1.165) is 37.3 Å². The van der Waals surface area contributed by atoms with Crippen molar-refractivity contribution in [2.24, 2.45) is 0 Å². The van der Waals surface area contributed by atoms with Gasteiger partial charge in [0.1, 0.15) is 5.82 Å². The summed E-state index contributed by atoms with van der Waals surface area (Å²) in [5, 5.41) is 6.22. The van der Waals surface area contributed by atoms with Crippen LogP contribution >= 0.6 is 0 Å². The van der Waals surface area contributed by atoms with Gasteiger partial charge in [-0.05, 0) is 49.6 Å². The molecule has 1 heterocycles.